The van der Waals surface area contributed by atoms with Gasteiger partial charge in [-0.25, -0.2) is 9.59 Å². The van der Waals surface area contributed by atoms with Crippen LogP contribution in [0.1, 0.15) is 43.0 Å². The number of carboxylic acid groups (broad SMARTS) is 1. The molecule has 2 rings (SSSR count). The molecule has 1 aliphatic rings. The summed E-state index contributed by atoms with van der Waals surface area (Å²) < 4.78 is 0. The van der Waals surface area contributed by atoms with E-state index in [1.165, 1.54) is 18.2 Å². The van der Waals surface area contributed by atoms with E-state index < -0.39 is 5.97 Å². The maximum atomic E-state index is 11.9. The highest BCUT2D eigenvalue weighted by Crippen LogP contribution is 2.48. The smallest absolute Gasteiger partial charge is 0.335 e. The number of carboxylic acids is 1. The van der Waals surface area contributed by atoms with E-state index in [9.17, 15) is 9.59 Å². The van der Waals surface area contributed by atoms with E-state index >= 15 is 0 Å². The zero-order valence-corrected chi connectivity index (χ0v) is 12.7. The SMILES string of the molecule is CCCC1(CNC(=O)Nc2cc(Cl)cc(C(=O)O)c2)CC1. The Morgan fingerprint density at radius 1 is 1.33 bits per heavy atom. The Morgan fingerprint density at radius 2 is 2.05 bits per heavy atom. The first-order valence-electron chi connectivity index (χ1n) is 7.03. The fourth-order valence-electron chi connectivity index (χ4n) is 2.45. The molecule has 1 fully saturated rings. The second kappa shape index (κ2) is 6.35. The maximum absolute atomic E-state index is 11.9. The van der Waals surface area contributed by atoms with Gasteiger partial charge in [0.25, 0.3) is 0 Å². The van der Waals surface area contributed by atoms with Crippen molar-refractivity contribution in [2.24, 2.45) is 5.41 Å². The quantitative estimate of drug-likeness (QED) is 0.749. The summed E-state index contributed by atoms with van der Waals surface area (Å²) in [5, 5.41) is 14.7. The van der Waals surface area contributed by atoms with Crippen molar-refractivity contribution in [1.82, 2.24) is 5.32 Å². The minimum atomic E-state index is -1.08. The lowest BCUT2D eigenvalue weighted by Crippen LogP contribution is -2.33. The van der Waals surface area contributed by atoms with Crippen molar-refractivity contribution in [2.45, 2.75) is 32.6 Å². The van der Waals surface area contributed by atoms with Crippen LogP contribution in [0, 0.1) is 5.41 Å². The number of hydrogen-bond donors (Lipinski definition) is 3. The van der Waals surface area contributed by atoms with Gasteiger partial charge in [0.15, 0.2) is 0 Å². The van der Waals surface area contributed by atoms with E-state index in [4.69, 9.17) is 16.7 Å². The Labute approximate surface area is 128 Å². The van der Waals surface area contributed by atoms with Crippen molar-refractivity contribution >= 4 is 29.3 Å². The Kier molecular flexibility index (Phi) is 4.73. The molecule has 0 atom stereocenters. The molecule has 114 valence electrons. The standard InChI is InChI=1S/C15H19ClN2O3/c1-2-3-15(4-5-15)9-17-14(21)18-12-7-10(13(19)20)6-11(16)8-12/h6-8H,2-5,9H2,1H3,(H,19,20)(H2,17,18,21). The minimum absolute atomic E-state index is 0.0439. The molecule has 0 unspecified atom stereocenters. The molecule has 0 aliphatic heterocycles. The van der Waals surface area contributed by atoms with Gasteiger partial charge in [-0.05, 0) is 42.9 Å². The molecule has 1 aromatic carbocycles. The number of nitrogens with one attached hydrogen (secondary N) is 2. The number of anilines is 1. The molecule has 6 heteroatoms. The number of carbonyl (C=O) groups excluding carboxylic acids is 1. The van der Waals surface area contributed by atoms with Crippen molar-refractivity contribution in [3.05, 3.63) is 28.8 Å². The van der Waals surface area contributed by atoms with Crippen LogP contribution in [0.15, 0.2) is 18.2 Å². The first-order chi connectivity index (χ1) is 9.94. The van der Waals surface area contributed by atoms with E-state index in [-0.39, 0.29) is 22.0 Å². The predicted molar refractivity (Wildman–Crippen MR) is 82.0 cm³/mol. The molecule has 0 aromatic heterocycles. The molecule has 5 nitrogen and oxygen atoms in total. The molecule has 0 spiro atoms. The van der Waals surface area contributed by atoms with E-state index in [2.05, 4.69) is 17.6 Å². The molecular weight excluding hydrogens is 292 g/mol. The molecule has 0 bridgehead atoms. The second-order valence-corrected chi connectivity index (χ2v) is 6.03. The number of aromatic carboxylic acids is 1. The fourth-order valence-corrected chi connectivity index (χ4v) is 2.69. The van der Waals surface area contributed by atoms with E-state index in [1.807, 2.05) is 0 Å². The van der Waals surface area contributed by atoms with Crippen molar-refractivity contribution in [3.8, 4) is 0 Å². The Bertz CT molecular complexity index is 556. The van der Waals surface area contributed by atoms with E-state index in [1.54, 1.807) is 0 Å². The zero-order valence-electron chi connectivity index (χ0n) is 11.9. The van der Waals surface area contributed by atoms with Crippen LogP contribution in [0.25, 0.3) is 0 Å². The van der Waals surface area contributed by atoms with Crippen LogP contribution >= 0.6 is 11.6 Å². The first-order valence-corrected chi connectivity index (χ1v) is 7.41. The van der Waals surface area contributed by atoms with Crippen LogP contribution in [0.5, 0.6) is 0 Å². The van der Waals surface area contributed by atoms with Crippen molar-refractivity contribution in [1.29, 1.82) is 0 Å². The van der Waals surface area contributed by atoms with Crippen LogP contribution in [-0.4, -0.2) is 23.7 Å². The van der Waals surface area contributed by atoms with Gasteiger partial charge in [0.1, 0.15) is 0 Å². The summed E-state index contributed by atoms with van der Waals surface area (Å²) in [5.74, 6) is -1.08. The summed E-state index contributed by atoms with van der Waals surface area (Å²) in [6, 6.07) is 3.91. The minimum Gasteiger partial charge on any atom is -0.478 e. The van der Waals surface area contributed by atoms with Crippen LogP contribution in [0.4, 0.5) is 10.5 Å². The van der Waals surface area contributed by atoms with Crippen LogP contribution in [0.2, 0.25) is 5.02 Å². The highest BCUT2D eigenvalue weighted by molar-refractivity contribution is 6.31. The van der Waals surface area contributed by atoms with Crippen LogP contribution in [0.3, 0.4) is 0 Å². The summed E-state index contributed by atoms with van der Waals surface area (Å²) in [4.78, 5) is 22.8. The summed E-state index contributed by atoms with van der Waals surface area (Å²) in [7, 11) is 0. The van der Waals surface area contributed by atoms with E-state index in [0.717, 1.165) is 25.7 Å². The largest absolute Gasteiger partial charge is 0.478 e. The monoisotopic (exact) mass is 310 g/mol. The lowest BCUT2D eigenvalue weighted by molar-refractivity contribution is 0.0697. The second-order valence-electron chi connectivity index (χ2n) is 5.59. The average molecular weight is 311 g/mol. The number of urea groups is 1. The van der Waals surface area contributed by atoms with Crippen molar-refractivity contribution < 1.29 is 14.7 Å². The molecule has 1 saturated carbocycles. The molecule has 1 aromatic rings. The highest BCUT2D eigenvalue weighted by Gasteiger charge is 2.41. The number of carbonyl (C=O) groups is 2. The summed E-state index contributed by atoms with van der Waals surface area (Å²) >= 11 is 5.84. The average Bonchev–Trinajstić information content (AvgIpc) is 3.16. The number of halogens is 1. The lowest BCUT2D eigenvalue weighted by atomic mass is 10.0. The molecule has 0 radical (unpaired) electrons. The Balaban J connectivity index is 1.92. The van der Waals surface area contributed by atoms with Crippen molar-refractivity contribution in [2.75, 3.05) is 11.9 Å². The maximum Gasteiger partial charge on any atom is 0.335 e. The van der Waals surface area contributed by atoms with Gasteiger partial charge in [0.2, 0.25) is 0 Å². The summed E-state index contributed by atoms with van der Waals surface area (Å²) in [5.41, 5.74) is 0.687. The molecule has 1 aliphatic carbocycles. The topological polar surface area (TPSA) is 78.4 Å². The first kappa shape index (κ1) is 15.6. The van der Waals surface area contributed by atoms with Gasteiger partial charge in [-0.15, -0.1) is 0 Å². The third-order valence-corrected chi connectivity index (χ3v) is 3.98. The van der Waals surface area contributed by atoms with Crippen molar-refractivity contribution in [3.63, 3.8) is 0 Å². The number of amides is 2. The number of rotatable bonds is 6. The van der Waals surface area contributed by atoms with Gasteiger partial charge in [-0.1, -0.05) is 24.9 Å². The molecule has 3 N–H and O–H groups in total. The lowest BCUT2D eigenvalue weighted by Gasteiger charge is -2.15. The highest BCUT2D eigenvalue weighted by atomic mass is 35.5. The zero-order chi connectivity index (χ0) is 15.5. The fraction of sp³-hybridized carbons (Fsp3) is 0.467. The normalized spacial score (nSPS) is 15.3. The molecule has 0 heterocycles. The van der Waals surface area contributed by atoms with Gasteiger partial charge in [-0.2, -0.15) is 0 Å². The molecular formula is C15H19ClN2O3. The third-order valence-electron chi connectivity index (χ3n) is 3.76. The number of benzene rings is 1. The van der Waals surface area contributed by atoms with Gasteiger partial charge >= 0.3 is 12.0 Å². The molecule has 0 saturated heterocycles. The Morgan fingerprint density at radius 3 is 2.62 bits per heavy atom. The summed E-state index contributed by atoms with van der Waals surface area (Å²) in [6.45, 7) is 2.79. The molecule has 21 heavy (non-hydrogen) atoms. The molecule has 2 amide bonds. The third kappa shape index (κ3) is 4.36. The van der Waals surface area contributed by atoms with Gasteiger partial charge < -0.3 is 15.7 Å². The number of hydrogen-bond acceptors (Lipinski definition) is 2. The van der Waals surface area contributed by atoms with E-state index in [0.29, 0.717) is 12.2 Å². The predicted octanol–water partition coefficient (Wildman–Crippen LogP) is 3.74. The van der Waals surface area contributed by atoms with Gasteiger partial charge in [-0.3, -0.25) is 0 Å². The van der Waals surface area contributed by atoms with Gasteiger partial charge in [0.05, 0.1) is 5.56 Å². The summed E-state index contributed by atoms with van der Waals surface area (Å²) in [6.07, 6.45) is 4.54. The Hall–Kier alpha value is -1.75. The van der Waals surface area contributed by atoms with Gasteiger partial charge in [0, 0.05) is 17.3 Å². The van der Waals surface area contributed by atoms with Crippen LogP contribution in [-0.2, 0) is 0 Å². The van der Waals surface area contributed by atoms with Crippen LogP contribution < -0.4 is 10.6 Å².